The number of hydrogen-bond acceptors (Lipinski definition) is 3. The fourth-order valence-electron chi connectivity index (χ4n) is 1.55. The Morgan fingerprint density at radius 2 is 2.19 bits per heavy atom. The van der Waals surface area contributed by atoms with Crippen LogP contribution in [0.3, 0.4) is 0 Å². The molecule has 1 rings (SSSR count). The Kier molecular flexibility index (Phi) is 5.28. The third-order valence-corrected chi connectivity index (χ3v) is 2.56. The van der Waals surface area contributed by atoms with Gasteiger partial charge in [-0.05, 0) is 25.5 Å². The second kappa shape index (κ2) is 6.50. The molecule has 5 heteroatoms. The lowest BCUT2D eigenvalue weighted by Gasteiger charge is -2.22. The third kappa shape index (κ3) is 3.83. The fraction of sp³-hybridized carbons (Fsp3) is 0.455. The van der Waals surface area contributed by atoms with Crippen molar-refractivity contribution in [3.8, 4) is 5.75 Å². The average molecular weight is 243 g/mol. The first-order valence-electron chi connectivity index (χ1n) is 5.31. The maximum Gasteiger partial charge on any atom is 0.357 e. The number of benzene rings is 1. The van der Waals surface area contributed by atoms with E-state index < -0.39 is 11.4 Å². The zero-order valence-corrected chi connectivity index (χ0v) is 10.4. The molecular weight excluding hydrogens is 226 g/mol. The van der Waals surface area contributed by atoms with E-state index in [4.69, 9.17) is 8.74 Å². The van der Waals surface area contributed by atoms with Gasteiger partial charge in [0.2, 0.25) is 0 Å². The quantitative estimate of drug-likeness (QED) is 0.780. The third-order valence-electron chi connectivity index (χ3n) is 2.23. The van der Waals surface area contributed by atoms with Gasteiger partial charge in [-0.2, -0.15) is 4.21 Å². The van der Waals surface area contributed by atoms with Crippen molar-refractivity contribution in [2.45, 2.75) is 20.3 Å². The first kappa shape index (κ1) is 13.0. The minimum absolute atomic E-state index is 0.410. The van der Waals surface area contributed by atoms with Crippen molar-refractivity contribution < 1.29 is 12.9 Å². The molecule has 1 aromatic rings. The molecule has 1 unspecified atom stereocenters. The van der Waals surface area contributed by atoms with E-state index in [9.17, 15) is 4.21 Å². The van der Waals surface area contributed by atoms with E-state index in [-0.39, 0.29) is 0 Å². The summed E-state index contributed by atoms with van der Waals surface area (Å²) >= 11 is -2.26. The molecule has 4 nitrogen and oxygen atoms in total. The molecule has 0 spiro atoms. The van der Waals surface area contributed by atoms with Crippen molar-refractivity contribution >= 4 is 17.0 Å². The van der Waals surface area contributed by atoms with Crippen LogP contribution in [0.2, 0.25) is 0 Å². The zero-order chi connectivity index (χ0) is 12.0. The van der Waals surface area contributed by atoms with Gasteiger partial charge >= 0.3 is 11.4 Å². The van der Waals surface area contributed by atoms with Gasteiger partial charge in [0.25, 0.3) is 0 Å². The number of hydrogen-bond donors (Lipinski definition) is 1. The van der Waals surface area contributed by atoms with Crippen LogP contribution in [0.25, 0.3) is 0 Å². The van der Waals surface area contributed by atoms with Crippen LogP contribution in [0.4, 0.5) is 5.69 Å². The summed E-state index contributed by atoms with van der Waals surface area (Å²) in [7, 11) is 0. The van der Waals surface area contributed by atoms with Crippen LogP contribution in [0, 0.1) is 0 Å². The normalized spacial score (nSPS) is 12.2. The van der Waals surface area contributed by atoms with E-state index >= 15 is 0 Å². The molecule has 0 radical (unpaired) electrons. The average Bonchev–Trinajstić information content (AvgIpc) is 2.25. The first-order valence-corrected chi connectivity index (χ1v) is 6.34. The molecule has 1 N–H and O–H groups in total. The Morgan fingerprint density at radius 1 is 1.44 bits per heavy atom. The highest BCUT2D eigenvalue weighted by atomic mass is 32.2. The SMILES string of the molecule is CCCN(CC)c1cccc(OS(=O)O)c1. The van der Waals surface area contributed by atoms with Gasteiger partial charge in [0.15, 0.2) is 0 Å². The largest absolute Gasteiger partial charge is 0.380 e. The summed E-state index contributed by atoms with van der Waals surface area (Å²) in [6.45, 7) is 6.06. The maximum absolute atomic E-state index is 10.5. The lowest BCUT2D eigenvalue weighted by atomic mass is 10.2. The van der Waals surface area contributed by atoms with Gasteiger partial charge in [0.1, 0.15) is 5.75 Å². The van der Waals surface area contributed by atoms with E-state index in [0.29, 0.717) is 5.75 Å². The predicted octanol–water partition coefficient (Wildman–Crippen LogP) is 2.44. The molecule has 0 amide bonds. The standard InChI is InChI=1S/C11H17NO3S/c1-3-8-12(4-2)10-6-5-7-11(9-10)15-16(13)14/h5-7,9H,3-4,8H2,1-2H3,(H,13,14). The summed E-state index contributed by atoms with van der Waals surface area (Å²) in [5.74, 6) is 0.410. The van der Waals surface area contributed by atoms with Crippen LogP contribution >= 0.6 is 0 Å². The van der Waals surface area contributed by atoms with Crippen LogP contribution in [-0.4, -0.2) is 21.9 Å². The van der Waals surface area contributed by atoms with Crippen LogP contribution in [0.15, 0.2) is 24.3 Å². The van der Waals surface area contributed by atoms with Gasteiger partial charge in [0, 0.05) is 24.8 Å². The first-order chi connectivity index (χ1) is 7.67. The molecule has 0 aliphatic rings. The van der Waals surface area contributed by atoms with Crippen molar-refractivity contribution in [1.82, 2.24) is 0 Å². The van der Waals surface area contributed by atoms with E-state index in [1.807, 2.05) is 12.1 Å². The molecule has 0 fully saturated rings. The number of rotatable bonds is 6. The minimum Gasteiger partial charge on any atom is -0.380 e. The van der Waals surface area contributed by atoms with Crippen molar-refractivity contribution in [3.63, 3.8) is 0 Å². The lowest BCUT2D eigenvalue weighted by molar-refractivity contribution is 0.458. The van der Waals surface area contributed by atoms with E-state index in [1.54, 1.807) is 12.1 Å². The molecule has 0 heterocycles. The Morgan fingerprint density at radius 3 is 2.75 bits per heavy atom. The lowest BCUT2D eigenvalue weighted by Crippen LogP contribution is -2.23. The second-order valence-electron chi connectivity index (χ2n) is 3.38. The molecule has 16 heavy (non-hydrogen) atoms. The highest BCUT2D eigenvalue weighted by molar-refractivity contribution is 7.74. The second-order valence-corrected chi connectivity index (χ2v) is 3.98. The molecule has 1 atom stereocenters. The molecule has 0 saturated heterocycles. The van der Waals surface area contributed by atoms with Crippen molar-refractivity contribution in [2.24, 2.45) is 0 Å². The van der Waals surface area contributed by atoms with E-state index in [0.717, 1.165) is 25.2 Å². The smallest absolute Gasteiger partial charge is 0.357 e. The molecular formula is C11H17NO3S. The highest BCUT2D eigenvalue weighted by Crippen LogP contribution is 2.21. The minimum atomic E-state index is -2.26. The highest BCUT2D eigenvalue weighted by Gasteiger charge is 2.05. The molecule has 0 aliphatic heterocycles. The van der Waals surface area contributed by atoms with Gasteiger partial charge in [-0.3, -0.25) is 4.55 Å². The Hall–Kier alpha value is -1.07. The van der Waals surface area contributed by atoms with E-state index in [2.05, 4.69) is 18.7 Å². The van der Waals surface area contributed by atoms with Gasteiger partial charge in [-0.1, -0.05) is 13.0 Å². The van der Waals surface area contributed by atoms with Gasteiger partial charge in [-0.15, -0.1) is 0 Å². The van der Waals surface area contributed by atoms with Crippen LogP contribution < -0.4 is 9.08 Å². The number of nitrogens with zero attached hydrogens (tertiary/aromatic N) is 1. The molecule has 0 aliphatic carbocycles. The summed E-state index contributed by atoms with van der Waals surface area (Å²) in [6, 6.07) is 7.22. The summed E-state index contributed by atoms with van der Waals surface area (Å²) in [6.07, 6.45) is 1.06. The molecule has 0 saturated carbocycles. The molecule has 0 bridgehead atoms. The molecule has 90 valence electrons. The van der Waals surface area contributed by atoms with Gasteiger partial charge in [0.05, 0.1) is 0 Å². The Balaban J connectivity index is 2.83. The maximum atomic E-state index is 10.5. The molecule has 0 aromatic heterocycles. The van der Waals surface area contributed by atoms with Gasteiger partial charge < -0.3 is 9.08 Å². The fourth-order valence-corrected chi connectivity index (χ4v) is 1.82. The van der Waals surface area contributed by atoms with Crippen LogP contribution in [-0.2, 0) is 11.4 Å². The van der Waals surface area contributed by atoms with Crippen molar-refractivity contribution in [3.05, 3.63) is 24.3 Å². The van der Waals surface area contributed by atoms with Crippen molar-refractivity contribution in [2.75, 3.05) is 18.0 Å². The van der Waals surface area contributed by atoms with Gasteiger partial charge in [-0.25, -0.2) is 0 Å². The monoisotopic (exact) mass is 243 g/mol. The number of anilines is 1. The molecule has 1 aromatic carbocycles. The van der Waals surface area contributed by atoms with Crippen molar-refractivity contribution in [1.29, 1.82) is 0 Å². The summed E-state index contributed by atoms with van der Waals surface area (Å²) in [5, 5.41) is 0. The summed E-state index contributed by atoms with van der Waals surface area (Å²) in [5.41, 5.74) is 1.01. The van der Waals surface area contributed by atoms with Crippen LogP contribution in [0.1, 0.15) is 20.3 Å². The topological polar surface area (TPSA) is 49.8 Å². The Bertz CT molecular complexity index is 357. The predicted molar refractivity (Wildman–Crippen MR) is 66.0 cm³/mol. The summed E-state index contributed by atoms with van der Waals surface area (Å²) < 4.78 is 23.9. The Labute approximate surface area is 98.7 Å². The summed E-state index contributed by atoms with van der Waals surface area (Å²) in [4.78, 5) is 2.19. The van der Waals surface area contributed by atoms with Crippen LogP contribution in [0.5, 0.6) is 5.75 Å². The zero-order valence-electron chi connectivity index (χ0n) is 9.55. The van der Waals surface area contributed by atoms with E-state index in [1.165, 1.54) is 0 Å².